The molecule has 1 aromatic rings. The number of aromatic nitrogens is 1. The molecule has 2 bridgehead atoms. The number of methoxy groups -OCH3 is 1. The summed E-state index contributed by atoms with van der Waals surface area (Å²) in [7, 11) is 3.59. The van der Waals surface area contributed by atoms with Gasteiger partial charge in [0.1, 0.15) is 0 Å². The number of hydrogen-bond donors (Lipinski definition) is 1. The Kier molecular flexibility index (Phi) is 4.38. The molecule has 5 nitrogen and oxygen atoms in total. The van der Waals surface area contributed by atoms with E-state index in [2.05, 4.69) is 27.0 Å². The fraction of sp³-hybridized carbons (Fsp3) is 0.714. The molecule has 3 heterocycles. The van der Waals surface area contributed by atoms with E-state index in [1.54, 1.807) is 0 Å². The van der Waals surface area contributed by atoms with E-state index >= 15 is 0 Å². The van der Waals surface area contributed by atoms with Crippen molar-refractivity contribution in [2.24, 2.45) is 5.92 Å². The van der Waals surface area contributed by atoms with Gasteiger partial charge in [-0.15, -0.1) is 0 Å². The molecule has 7 heteroatoms. The van der Waals surface area contributed by atoms with Crippen molar-refractivity contribution in [3.05, 3.63) is 10.0 Å². The largest absolute Gasteiger partial charge is 0.465 e. The van der Waals surface area contributed by atoms with Gasteiger partial charge in [-0.3, -0.25) is 0 Å². The molecule has 2 atom stereocenters. The molecular weight excluding hydrogens is 310 g/mol. The molecular formula is C14H20ClN3O2S. The van der Waals surface area contributed by atoms with Crippen LogP contribution in [0.4, 0.5) is 5.13 Å². The number of thiazole rings is 1. The first-order valence-electron chi connectivity index (χ1n) is 7.29. The van der Waals surface area contributed by atoms with Crippen molar-refractivity contribution in [3.8, 4) is 0 Å². The Balaban J connectivity index is 1.57. The Bertz CT molecular complexity index is 522. The average molecular weight is 330 g/mol. The van der Waals surface area contributed by atoms with E-state index in [1.165, 1.54) is 44.1 Å². The number of nitrogens with one attached hydrogen (secondary N) is 1. The number of halogens is 1. The Morgan fingerprint density at radius 1 is 1.48 bits per heavy atom. The highest BCUT2D eigenvalue weighted by Gasteiger charge is 2.38. The molecule has 2 fully saturated rings. The third-order valence-corrected chi connectivity index (χ3v) is 6.07. The van der Waals surface area contributed by atoms with E-state index in [0.29, 0.717) is 15.9 Å². The highest BCUT2D eigenvalue weighted by atomic mass is 35.5. The Labute approximate surface area is 133 Å². The maximum Gasteiger partial charge on any atom is 0.351 e. The lowest BCUT2D eigenvalue weighted by Gasteiger charge is -2.36. The van der Waals surface area contributed by atoms with E-state index < -0.39 is 5.97 Å². The van der Waals surface area contributed by atoms with E-state index in [0.717, 1.165) is 18.6 Å². The second kappa shape index (κ2) is 6.10. The molecule has 2 unspecified atom stereocenters. The number of esters is 1. The molecule has 3 rings (SSSR count). The summed E-state index contributed by atoms with van der Waals surface area (Å²) in [5, 5.41) is 4.26. The van der Waals surface area contributed by atoms with Gasteiger partial charge in [-0.2, -0.15) is 0 Å². The number of carbonyl (C=O) groups is 1. The van der Waals surface area contributed by atoms with Crippen molar-refractivity contribution < 1.29 is 9.53 Å². The van der Waals surface area contributed by atoms with E-state index in [4.69, 9.17) is 11.6 Å². The van der Waals surface area contributed by atoms with Crippen molar-refractivity contribution in [1.82, 2.24) is 9.88 Å². The molecule has 0 amide bonds. The van der Waals surface area contributed by atoms with Crippen LogP contribution in [0.15, 0.2) is 0 Å². The van der Waals surface area contributed by atoms with Crippen molar-refractivity contribution >= 4 is 34.0 Å². The van der Waals surface area contributed by atoms with Gasteiger partial charge in [0.05, 0.1) is 7.11 Å². The fourth-order valence-corrected chi connectivity index (χ4v) is 4.63. The minimum absolute atomic E-state index is 0.220. The topological polar surface area (TPSA) is 54.5 Å². The molecule has 2 aliphatic rings. The number of hydrogen-bond acceptors (Lipinski definition) is 6. The van der Waals surface area contributed by atoms with Gasteiger partial charge in [-0.25, -0.2) is 9.78 Å². The fourth-order valence-electron chi connectivity index (χ4n) is 3.52. The van der Waals surface area contributed by atoms with E-state index in [9.17, 15) is 4.79 Å². The third-order valence-electron chi connectivity index (χ3n) is 4.69. The van der Waals surface area contributed by atoms with Crippen LogP contribution in [0.3, 0.4) is 0 Å². The summed E-state index contributed by atoms with van der Waals surface area (Å²) < 4.78 is 4.69. The summed E-state index contributed by atoms with van der Waals surface area (Å²) in [5.41, 5.74) is 0. The zero-order valence-corrected chi connectivity index (χ0v) is 13.8. The van der Waals surface area contributed by atoms with Crippen molar-refractivity contribution in [3.63, 3.8) is 0 Å². The van der Waals surface area contributed by atoms with E-state index in [-0.39, 0.29) is 5.15 Å². The van der Waals surface area contributed by atoms with Gasteiger partial charge in [0.15, 0.2) is 15.2 Å². The monoisotopic (exact) mass is 329 g/mol. The summed E-state index contributed by atoms with van der Waals surface area (Å²) in [5.74, 6) is 0.242. The van der Waals surface area contributed by atoms with Crippen molar-refractivity contribution in [1.29, 1.82) is 0 Å². The molecule has 0 aromatic carbocycles. The molecule has 0 aliphatic carbocycles. The maximum atomic E-state index is 11.5. The average Bonchev–Trinajstić information content (AvgIpc) is 2.92. The highest BCUT2D eigenvalue weighted by molar-refractivity contribution is 7.18. The van der Waals surface area contributed by atoms with Gasteiger partial charge in [0.25, 0.3) is 0 Å². The normalized spacial score (nSPS) is 28.6. The van der Waals surface area contributed by atoms with Gasteiger partial charge in [0, 0.05) is 18.6 Å². The van der Waals surface area contributed by atoms with Crippen LogP contribution in [-0.4, -0.2) is 48.6 Å². The number of rotatable bonds is 4. The predicted octanol–water partition coefficient (Wildman–Crippen LogP) is 2.87. The van der Waals surface area contributed by atoms with Crippen LogP contribution >= 0.6 is 22.9 Å². The first-order valence-corrected chi connectivity index (χ1v) is 8.48. The summed E-state index contributed by atoms with van der Waals surface area (Å²) in [6.45, 7) is 0.894. The minimum atomic E-state index is -0.428. The number of fused-ring (bicyclic) bond motifs is 2. The van der Waals surface area contributed by atoms with Crippen LogP contribution in [0.25, 0.3) is 0 Å². The SMILES string of the molecule is COC(=O)c1sc(NCC2CC3CCC(C2)N3C)nc1Cl. The molecule has 116 valence electrons. The molecule has 21 heavy (non-hydrogen) atoms. The van der Waals surface area contributed by atoms with Crippen molar-refractivity contribution in [2.75, 3.05) is 26.0 Å². The molecule has 0 saturated carbocycles. The Morgan fingerprint density at radius 3 is 2.76 bits per heavy atom. The number of carbonyl (C=O) groups excluding carboxylic acids is 1. The molecule has 2 saturated heterocycles. The molecule has 2 aliphatic heterocycles. The zero-order valence-electron chi connectivity index (χ0n) is 12.3. The van der Waals surface area contributed by atoms with Gasteiger partial charge in [0.2, 0.25) is 0 Å². The van der Waals surface area contributed by atoms with Crippen LogP contribution in [0.1, 0.15) is 35.4 Å². The van der Waals surface area contributed by atoms with Crippen LogP contribution in [0.2, 0.25) is 5.15 Å². The van der Waals surface area contributed by atoms with Crippen LogP contribution in [0.5, 0.6) is 0 Å². The third kappa shape index (κ3) is 3.03. The van der Waals surface area contributed by atoms with Gasteiger partial charge in [-0.1, -0.05) is 22.9 Å². The second-order valence-corrected chi connectivity index (χ2v) is 7.26. The quantitative estimate of drug-likeness (QED) is 0.861. The van der Waals surface area contributed by atoms with Crippen LogP contribution in [0, 0.1) is 5.92 Å². The predicted molar refractivity (Wildman–Crippen MR) is 84.3 cm³/mol. The molecule has 0 spiro atoms. The van der Waals surface area contributed by atoms with Crippen LogP contribution < -0.4 is 5.32 Å². The summed E-state index contributed by atoms with van der Waals surface area (Å²) in [6.07, 6.45) is 5.13. The summed E-state index contributed by atoms with van der Waals surface area (Å²) >= 11 is 7.23. The molecule has 1 aromatic heterocycles. The highest BCUT2D eigenvalue weighted by Crippen LogP contribution is 2.37. The lowest BCUT2D eigenvalue weighted by atomic mass is 9.91. The number of anilines is 1. The standard InChI is InChI=1S/C14H20ClN3O2S/c1-18-9-3-4-10(18)6-8(5-9)7-16-14-17-12(15)11(21-14)13(19)20-2/h8-10H,3-7H2,1-2H3,(H,16,17). The first kappa shape index (κ1) is 15.1. The van der Waals surface area contributed by atoms with Gasteiger partial charge >= 0.3 is 5.97 Å². The maximum absolute atomic E-state index is 11.5. The second-order valence-electron chi connectivity index (χ2n) is 5.90. The smallest absolute Gasteiger partial charge is 0.351 e. The lowest BCUT2D eigenvalue weighted by molar-refractivity contribution is 0.0606. The van der Waals surface area contributed by atoms with E-state index in [1.807, 2.05) is 0 Å². The van der Waals surface area contributed by atoms with Crippen molar-refractivity contribution in [2.45, 2.75) is 37.8 Å². The molecule has 0 radical (unpaired) electrons. The summed E-state index contributed by atoms with van der Waals surface area (Å²) in [6, 6.07) is 1.47. The van der Waals surface area contributed by atoms with Gasteiger partial charge in [-0.05, 0) is 38.6 Å². The first-order chi connectivity index (χ1) is 10.1. The number of piperidine rings is 1. The zero-order chi connectivity index (χ0) is 15.0. The van der Waals surface area contributed by atoms with Crippen LogP contribution in [-0.2, 0) is 4.74 Å². The minimum Gasteiger partial charge on any atom is -0.465 e. The number of nitrogens with zero attached hydrogens (tertiary/aromatic N) is 2. The van der Waals surface area contributed by atoms with Gasteiger partial charge < -0.3 is 15.0 Å². The number of ether oxygens (including phenoxy) is 1. The molecule has 1 N–H and O–H groups in total. The lowest BCUT2D eigenvalue weighted by Crippen LogP contribution is -2.41. The summed E-state index contributed by atoms with van der Waals surface area (Å²) in [4.78, 5) is 18.6. The Morgan fingerprint density at radius 2 is 2.14 bits per heavy atom. The Hall–Kier alpha value is -0.850.